The van der Waals surface area contributed by atoms with E-state index in [0.29, 0.717) is 24.6 Å². The smallest absolute Gasteiger partial charge is 0.289 e. The fourth-order valence-corrected chi connectivity index (χ4v) is 2.48. The number of hydrogen-bond acceptors (Lipinski definition) is 3. The Morgan fingerprint density at radius 2 is 1.83 bits per heavy atom. The largest absolute Gasteiger partial charge is 0.451 e. The highest BCUT2D eigenvalue weighted by Gasteiger charge is 2.23. The van der Waals surface area contributed by atoms with Crippen molar-refractivity contribution in [1.82, 2.24) is 4.90 Å². The molecule has 124 valence electrons. The molecule has 4 heteroatoms. The van der Waals surface area contributed by atoms with Gasteiger partial charge in [-0.1, -0.05) is 45.0 Å². The lowest BCUT2D eigenvalue weighted by atomic mass is 9.93. The van der Waals surface area contributed by atoms with Crippen molar-refractivity contribution in [3.63, 3.8) is 0 Å². The predicted molar refractivity (Wildman–Crippen MR) is 93.3 cm³/mol. The van der Waals surface area contributed by atoms with Gasteiger partial charge in [0.1, 0.15) is 5.76 Å². The van der Waals surface area contributed by atoms with Gasteiger partial charge in [-0.25, -0.2) is 0 Å². The summed E-state index contributed by atoms with van der Waals surface area (Å²) in [6.07, 6.45) is 1.00. The molecule has 0 fully saturated rings. The van der Waals surface area contributed by atoms with Gasteiger partial charge in [-0.05, 0) is 36.1 Å². The van der Waals surface area contributed by atoms with E-state index in [0.717, 1.165) is 12.0 Å². The number of hydrogen-bond donors (Lipinski definition) is 1. The number of furan rings is 1. The van der Waals surface area contributed by atoms with Crippen molar-refractivity contribution >= 4 is 5.91 Å². The first kappa shape index (κ1) is 17.3. The Morgan fingerprint density at radius 1 is 1.17 bits per heavy atom. The van der Waals surface area contributed by atoms with Gasteiger partial charge in [-0.3, -0.25) is 4.79 Å². The molecule has 0 bridgehead atoms. The summed E-state index contributed by atoms with van der Waals surface area (Å²) in [5.74, 6) is 0.945. The number of nitrogens with zero attached hydrogens (tertiary/aromatic N) is 1. The molecule has 1 amide bonds. The summed E-state index contributed by atoms with van der Waals surface area (Å²) < 4.78 is 5.75. The Bertz CT molecular complexity index is 656. The normalized spacial score (nSPS) is 11.5. The van der Waals surface area contributed by atoms with Gasteiger partial charge < -0.3 is 15.1 Å². The fraction of sp³-hybridized carbons (Fsp3) is 0.421. The first-order valence-corrected chi connectivity index (χ1v) is 8.01. The molecule has 0 saturated heterocycles. The number of nitrogens with two attached hydrogens (primary N) is 1. The molecule has 2 N–H and O–H groups in total. The topological polar surface area (TPSA) is 59.5 Å². The summed E-state index contributed by atoms with van der Waals surface area (Å²) >= 11 is 0. The molecule has 1 aromatic carbocycles. The second kappa shape index (κ2) is 7.01. The van der Waals surface area contributed by atoms with Gasteiger partial charge in [0.15, 0.2) is 5.76 Å². The minimum atomic E-state index is -0.122. The van der Waals surface area contributed by atoms with Gasteiger partial charge in [0, 0.05) is 19.2 Å². The standard InChI is InChI=1S/C19H26N2O2/c1-5-14-6-8-15(9-7-14)16-10-11-17(23-16)18(22)21(4)13-19(2,3)12-20/h6-11H,5,12-13,20H2,1-4H3. The minimum Gasteiger partial charge on any atom is -0.451 e. The zero-order valence-electron chi connectivity index (χ0n) is 14.4. The Kier molecular flexibility index (Phi) is 5.26. The molecule has 0 aliphatic heterocycles. The number of aryl methyl sites for hydroxylation is 1. The molecule has 0 saturated carbocycles. The average Bonchev–Trinajstić information content (AvgIpc) is 3.03. The zero-order chi connectivity index (χ0) is 17.0. The lowest BCUT2D eigenvalue weighted by Gasteiger charge is -2.28. The molecular weight excluding hydrogens is 288 g/mol. The second-order valence-corrected chi connectivity index (χ2v) is 6.74. The van der Waals surface area contributed by atoms with Gasteiger partial charge in [0.05, 0.1) is 0 Å². The second-order valence-electron chi connectivity index (χ2n) is 6.74. The van der Waals surface area contributed by atoms with Crippen LogP contribution in [0.5, 0.6) is 0 Å². The molecular formula is C19H26N2O2. The van der Waals surface area contributed by atoms with Crippen molar-refractivity contribution in [3.8, 4) is 11.3 Å². The summed E-state index contributed by atoms with van der Waals surface area (Å²) in [5, 5.41) is 0. The third-order valence-corrected chi connectivity index (χ3v) is 4.03. The van der Waals surface area contributed by atoms with E-state index >= 15 is 0 Å². The number of amides is 1. The molecule has 0 unspecified atom stereocenters. The van der Waals surface area contributed by atoms with E-state index in [-0.39, 0.29) is 11.3 Å². The third kappa shape index (κ3) is 4.23. The van der Waals surface area contributed by atoms with Gasteiger partial charge in [0.2, 0.25) is 0 Å². The molecule has 0 spiro atoms. The zero-order valence-corrected chi connectivity index (χ0v) is 14.4. The predicted octanol–water partition coefficient (Wildman–Crippen LogP) is 3.57. The van der Waals surface area contributed by atoms with Gasteiger partial charge in [-0.2, -0.15) is 0 Å². The van der Waals surface area contributed by atoms with Crippen LogP contribution in [0.3, 0.4) is 0 Å². The Morgan fingerprint density at radius 3 is 2.39 bits per heavy atom. The molecule has 0 radical (unpaired) electrons. The summed E-state index contributed by atoms with van der Waals surface area (Å²) in [5.41, 5.74) is 7.88. The molecule has 0 atom stereocenters. The molecule has 0 aliphatic carbocycles. The van der Waals surface area contributed by atoms with Crippen LogP contribution in [0.15, 0.2) is 40.8 Å². The van der Waals surface area contributed by atoms with Crippen LogP contribution >= 0.6 is 0 Å². The van der Waals surface area contributed by atoms with E-state index in [1.54, 1.807) is 18.0 Å². The molecule has 1 aromatic heterocycles. The molecule has 0 aliphatic rings. The highest BCUT2D eigenvalue weighted by molar-refractivity contribution is 5.92. The summed E-state index contributed by atoms with van der Waals surface area (Å²) in [6, 6.07) is 11.8. The fourth-order valence-electron chi connectivity index (χ4n) is 2.48. The Labute approximate surface area is 138 Å². The van der Waals surface area contributed by atoms with Crippen molar-refractivity contribution in [2.45, 2.75) is 27.2 Å². The van der Waals surface area contributed by atoms with Crippen LogP contribution in [-0.2, 0) is 6.42 Å². The van der Waals surface area contributed by atoms with E-state index in [1.165, 1.54) is 5.56 Å². The van der Waals surface area contributed by atoms with Crippen LogP contribution in [0.25, 0.3) is 11.3 Å². The van der Waals surface area contributed by atoms with Crippen molar-refractivity contribution in [1.29, 1.82) is 0 Å². The van der Waals surface area contributed by atoms with Crippen LogP contribution in [0, 0.1) is 5.41 Å². The number of rotatable bonds is 6. The molecule has 4 nitrogen and oxygen atoms in total. The Hall–Kier alpha value is -2.07. The van der Waals surface area contributed by atoms with Gasteiger partial charge >= 0.3 is 0 Å². The maximum Gasteiger partial charge on any atom is 0.289 e. The first-order chi connectivity index (χ1) is 10.9. The summed E-state index contributed by atoms with van der Waals surface area (Å²) in [6.45, 7) is 7.32. The van der Waals surface area contributed by atoms with E-state index in [4.69, 9.17) is 10.2 Å². The molecule has 1 heterocycles. The summed E-state index contributed by atoms with van der Waals surface area (Å²) in [4.78, 5) is 14.1. The van der Waals surface area contributed by atoms with E-state index < -0.39 is 0 Å². The monoisotopic (exact) mass is 314 g/mol. The van der Waals surface area contributed by atoms with E-state index in [2.05, 4.69) is 19.1 Å². The highest BCUT2D eigenvalue weighted by Crippen LogP contribution is 2.24. The van der Waals surface area contributed by atoms with Crippen LogP contribution in [0.1, 0.15) is 36.9 Å². The molecule has 23 heavy (non-hydrogen) atoms. The highest BCUT2D eigenvalue weighted by atomic mass is 16.4. The van der Waals surface area contributed by atoms with Crippen LogP contribution in [0.2, 0.25) is 0 Å². The average molecular weight is 314 g/mol. The van der Waals surface area contributed by atoms with Crippen molar-refractivity contribution in [2.75, 3.05) is 20.1 Å². The first-order valence-electron chi connectivity index (χ1n) is 8.01. The van der Waals surface area contributed by atoms with Crippen LogP contribution in [-0.4, -0.2) is 30.9 Å². The SMILES string of the molecule is CCc1ccc(-c2ccc(C(=O)N(C)CC(C)(C)CN)o2)cc1. The Balaban J connectivity index is 2.13. The number of benzene rings is 1. The van der Waals surface area contributed by atoms with Gasteiger partial charge in [0.25, 0.3) is 5.91 Å². The molecule has 2 rings (SSSR count). The lowest BCUT2D eigenvalue weighted by Crippen LogP contribution is -2.39. The van der Waals surface area contributed by atoms with Crippen molar-refractivity contribution in [3.05, 3.63) is 47.7 Å². The van der Waals surface area contributed by atoms with Crippen LogP contribution in [0.4, 0.5) is 0 Å². The molecule has 2 aromatic rings. The van der Waals surface area contributed by atoms with Gasteiger partial charge in [-0.15, -0.1) is 0 Å². The summed E-state index contributed by atoms with van der Waals surface area (Å²) in [7, 11) is 1.78. The number of carbonyl (C=O) groups excluding carboxylic acids is 1. The van der Waals surface area contributed by atoms with Crippen molar-refractivity contribution in [2.24, 2.45) is 11.1 Å². The minimum absolute atomic E-state index is 0.115. The van der Waals surface area contributed by atoms with E-state index in [9.17, 15) is 4.79 Å². The quantitative estimate of drug-likeness (QED) is 0.887. The van der Waals surface area contributed by atoms with Crippen LogP contribution < -0.4 is 5.73 Å². The maximum absolute atomic E-state index is 12.5. The van der Waals surface area contributed by atoms with E-state index in [1.807, 2.05) is 32.0 Å². The number of carbonyl (C=O) groups is 1. The maximum atomic E-state index is 12.5. The van der Waals surface area contributed by atoms with Crippen molar-refractivity contribution < 1.29 is 9.21 Å². The third-order valence-electron chi connectivity index (χ3n) is 4.03. The lowest BCUT2D eigenvalue weighted by molar-refractivity contribution is 0.0710.